The summed E-state index contributed by atoms with van der Waals surface area (Å²) in [6.07, 6.45) is 0. The fourth-order valence-corrected chi connectivity index (χ4v) is 3.21. The third-order valence-corrected chi connectivity index (χ3v) is 4.96. The monoisotopic (exact) mass is 203 g/mol. The zero-order valence-electron chi connectivity index (χ0n) is 9.89. The van der Waals surface area contributed by atoms with Gasteiger partial charge in [-0.2, -0.15) is 0 Å². The van der Waals surface area contributed by atoms with E-state index < -0.39 is 8.32 Å². The summed E-state index contributed by atoms with van der Waals surface area (Å²) in [4.78, 5) is 2.47. The third kappa shape index (κ3) is 6.24. The fourth-order valence-electron chi connectivity index (χ4n) is 1.43. The van der Waals surface area contributed by atoms with Crippen molar-refractivity contribution in [3.63, 3.8) is 0 Å². The first-order valence-corrected chi connectivity index (χ1v) is 8.53. The normalized spacial score (nSPS) is 12.5. The molecule has 2 nitrogen and oxygen atoms in total. The Morgan fingerprint density at radius 1 is 1.08 bits per heavy atom. The Morgan fingerprint density at radius 2 is 1.62 bits per heavy atom. The van der Waals surface area contributed by atoms with Crippen LogP contribution in [0.5, 0.6) is 0 Å². The van der Waals surface area contributed by atoms with Crippen molar-refractivity contribution in [2.75, 3.05) is 26.2 Å². The van der Waals surface area contributed by atoms with E-state index in [0.717, 1.165) is 19.7 Å². The molecule has 0 saturated carbocycles. The van der Waals surface area contributed by atoms with E-state index in [1.807, 2.05) is 0 Å². The van der Waals surface area contributed by atoms with Gasteiger partial charge in [0.15, 0.2) is 8.32 Å². The molecule has 0 aromatic rings. The zero-order chi connectivity index (χ0) is 10.3. The van der Waals surface area contributed by atoms with Gasteiger partial charge >= 0.3 is 0 Å². The van der Waals surface area contributed by atoms with Crippen molar-refractivity contribution in [2.24, 2.45) is 0 Å². The van der Waals surface area contributed by atoms with E-state index in [1.165, 1.54) is 12.6 Å². The Kier molecular flexibility index (Phi) is 6.64. The Bertz CT molecular complexity index is 124. The topological polar surface area (TPSA) is 12.5 Å². The van der Waals surface area contributed by atoms with E-state index in [4.69, 9.17) is 4.43 Å². The van der Waals surface area contributed by atoms with Gasteiger partial charge in [0.05, 0.1) is 0 Å². The molecule has 0 aliphatic rings. The minimum Gasteiger partial charge on any atom is -0.418 e. The first-order chi connectivity index (χ1) is 6.05. The molecule has 0 aromatic heterocycles. The Balaban J connectivity index is 3.71. The molecular weight excluding hydrogens is 178 g/mol. The molecule has 0 bridgehead atoms. The van der Waals surface area contributed by atoms with Crippen molar-refractivity contribution in [1.82, 2.24) is 4.90 Å². The highest BCUT2D eigenvalue weighted by Gasteiger charge is 2.21. The molecule has 80 valence electrons. The number of rotatable bonds is 7. The Morgan fingerprint density at radius 3 is 2.00 bits per heavy atom. The largest absolute Gasteiger partial charge is 0.418 e. The van der Waals surface area contributed by atoms with Crippen molar-refractivity contribution >= 4 is 8.32 Å². The predicted octanol–water partition coefficient (Wildman–Crippen LogP) is 2.57. The summed E-state index contributed by atoms with van der Waals surface area (Å²) in [6, 6.07) is 1.25. The smallest absolute Gasteiger partial charge is 0.187 e. The van der Waals surface area contributed by atoms with Crippen molar-refractivity contribution in [1.29, 1.82) is 0 Å². The standard InChI is InChI=1S/C10H25NOSi/c1-6-11(7-2)9-10-13(4,5)12-8-3/h6-10H2,1-5H3. The van der Waals surface area contributed by atoms with Crippen molar-refractivity contribution < 1.29 is 4.43 Å². The highest BCUT2D eigenvalue weighted by molar-refractivity contribution is 6.71. The molecule has 0 radical (unpaired) electrons. The van der Waals surface area contributed by atoms with Crippen LogP contribution in [0.1, 0.15) is 20.8 Å². The van der Waals surface area contributed by atoms with Gasteiger partial charge in [-0.15, -0.1) is 0 Å². The van der Waals surface area contributed by atoms with E-state index in [1.54, 1.807) is 0 Å². The van der Waals surface area contributed by atoms with Gasteiger partial charge in [-0.3, -0.25) is 0 Å². The van der Waals surface area contributed by atoms with E-state index >= 15 is 0 Å². The van der Waals surface area contributed by atoms with Gasteiger partial charge < -0.3 is 9.33 Å². The maximum atomic E-state index is 5.78. The number of nitrogens with zero attached hydrogens (tertiary/aromatic N) is 1. The molecule has 0 aliphatic heterocycles. The summed E-state index contributed by atoms with van der Waals surface area (Å²) in [5, 5.41) is 0. The van der Waals surface area contributed by atoms with Crippen LogP contribution >= 0.6 is 0 Å². The molecule has 0 aliphatic carbocycles. The summed E-state index contributed by atoms with van der Waals surface area (Å²) in [5.41, 5.74) is 0. The van der Waals surface area contributed by atoms with Gasteiger partial charge in [-0.25, -0.2) is 0 Å². The fraction of sp³-hybridized carbons (Fsp3) is 1.00. The SMILES string of the molecule is CCO[Si](C)(C)CCN(CC)CC. The van der Waals surface area contributed by atoms with Gasteiger partial charge in [0.1, 0.15) is 0 Å². The minimum absolute atomic E-state index is 0.872. The van der Waals surface area contributed by atoms with Gasteiger partial charge in [0.25, 0.3) is 0 Å². The predicted molar refractivity (Wildman–Crippen MR) is 61.7 cm³/mol. The lowest BCUT2D eigenvalue weighted by atomic mass is 10.5. The number of hydrogen-bond donors (Lipinski definition) is 0. The van der Waals surface area contributed by atoms with Gasteiger partial charge in [-0.1, -0.05) is 13.8 Å². The van der Waals surface area contributed by atoms with E-state index in [9.17, 15) is 0 Å². The second-order valence-corrected chi connectivity index (χ2v) is 8.28. The summed E-state index contributed by atoms with van der Waals surface area (Å²) in [5.74, 6) is 0. The molecule has 0 saturated heterocycles. The summed E-state index contributed by atoms with van der Waals surface area (Å²) < 4.78 is 5.78. The second-order valence-electron chi connectivity index (χ2n) is 3.97. The van der Waals surface area contributed by atoms with Crippen LogP contribution in [0.25, 0.3) is 0 Å². The van der Waals surface area contributed by atoms with Crippen LogP contribution in [0.3, 0.4) is 0 Å². The lowest BCUT2D eigenvalue weighted by molar-refractivity contribution is 0.295. The molecule has 0 aromatic carbocycles. The highest BCUT2D eigenvalue weighted by Crippen LogP contribution is 2.11. The maximum absolute atomic E-state index is 5.78. The Labute approximate surface area is 84.4 Å². The van der Waals surface area contributed by atoms with Gasteiger partial charge in [-0.05, 0) is 45.7 Å². The van der Waals surface area contributed by atoms with Crippen LogP contribution in [-0.2, 0) is 4.43 Å². The molecule has 0 N–H and O–H groups in total. The van der Waals surface area contributed by atoms with E-state index in [2.05, 4.69) is 38.8 Å². The molecule has 0 unspecified atom stereocenters. The van der Waals surface area contributed by atoms with Crippen LogP contribution in [0.2, 0.25) is 19.1 Å². The summed E-state index contributed by atoms with van der Waals surface area (Å²) in [6.45, 7) is 15.5. The highest BCUT2D eigenvalue weighted by atomic mass is 28.4. The quantitative estimate of drug-likeness (QED) is 0.590. The molecule has 0 rings (SSSR count). The van der Waals surface area contributed by atoms with Crippen LogP contribution in [0, 0.1) is 0 Å². The van der Waals surface area contributed by atoms with Gasteiger partial charge in [0, 0.05) is 6.61 Å². The molecule has 0 spiro atoms. The van der Waals surface area contributed by atoms with Crippen molar-refractivity contribution in [3.8, 4) is 0 Å². The van der Waals surface area contributed by atoms with Crippen molar-refractivity contribution in [3.05, 3.63) is 0 Å². The molecule has 0 fully saturated rings. The first kappa shape index (κ1) is 13.1. The second kappa shape index (κ2) is 6.57. The Hall–Kier alpha value is 0.137. The molecule has 13 heavy (non-hydrogen) atoms. The summed E-state index contributed by atoms with van der Waals surface area (Å²) in [7, 11) is -1.34. The summed E-state index contributed by atoms with van der Waals surface area (Å²) >= 11 is 0. The van der Waals surface area contributed by atoms with E-state index in [-0.39, 0.29) is 0 Å². The lowest BCUT2D eigenvalue weighted by Gasteiger charge is -2.26. The molecule has 0 heterocycles. The average Bonchev–Trinajstić information content (AvgIpc) is 2.06. The molecular formula is C10H25NOSi. The van der Waals surface area contributed by atoms with Crippen molar-refractivity contribution in [2.45, 2.75) is 39.9 Å². The third-order valence-electron chi connectivity index (χ3n) is 2.46. The molecule has 0 atom stereocenters. The zero-order valence-corrected chi connectivity index (χ0v) is 10.9. The molecule has 0 amide bonds. The maximum Gasteiger partial charge on any atom is 0.187 e. The number of hydrogen-bond acceptors (Lipinski definition) is 2. The molecule has 3 heteroatoms. The van der Waals surface area contributed by atoms with E-state index in [0.29, 0.717) is 0 Å². The van der Waals surface area contributed by atoms with Crippen LogP contribution in [-0.4, -0.2) is 39.5 Å². The van der Waals surface area contributed by atoms with Crippen LogP contribution < -0.4 is 0 Å². The average molecular weight is 203 g/mol. The van der Waals surface area contributed by atoms with Crippen LogP contribution in [0.4, 0.5) is 0 Å². The minimum atomic E-state index is -1.34. The van der Waals surface area contributed by atoms with Crippen LogP contribution in [0.15, 0.2) is 0 Å². The first-order valence-electron chi connectivity index (χ1n) is 5.42. The van der Waals surface area contributed by atoms with Gasteiger partial charge in [0.2, 0.25) is 0 Å². The lowest BCUT2D eigenvalue weighted by Crippen LogP contribution is -2.36.